The largest absolute Gasteiger partial charge is 0.324 e. The molecule has 1 amide bonds. The molecule has 1 N–H and O–H groups in total. The lowest BCUT2D eigenvalue weighted by atomic mass is 10.2. The fourth-order valence-corrected chi connectivity index (χ4v) is 5.49. The Kier molecular flexibility index (Phi) is 7.45. The molecule has 2 aromatic rings. The molecule has 0 radical (unpaired) electrons. The van der Waals surface area contributed by atoms with Crippen LogP contribution in [0.4, 0.5) is 5.69 Å². The van der Waals surface area contributed by atoms with E-state index in [1.165, 1.54) is 28.3 Å². The van der Waals surface area contributed by atoms with Gasteiger partial charge in [0.15, 0.2) is 0 Å². The van der Waals surface area contributed by atoms with Crippen molar-refractivity contribution >= 4 is 56.6 Å². The van der Waals surface area contributed by atoms with Gasteiger partial charge in [0.2, 0.25) is 15.9 Å². The number of aromatic nitrogens is 1. The smallest absolute Gasteiger partial charge is 0.244 e. The zero-order chi connectivity index (χ0) is 21.0. The van der Waals surface area contributed by atoms with Crippen LogP contribution in [0.1, 0.15) is 26.2 Å². The van der Waals surface area contributed by atoms with E-state index in [2.05, 4.69) is 10.3 Å². The van der Waals surface area contributed by atoms with Crippen LogP contribution in [-0.2, 0) is 14.8 Å². The van der Waals surface area contributed by atoms with E-state index in [0.29, 0.717) is 33.8 Å². The van der Waals surface area contributed by atoms with E-state index in [4.69, 9.17) is 23.2 Å². The van der Waals surface area contributed by atoms with E-state index in [1.54, 1.807) is 31.2 Å². The topological polar surface area (TPSA) is 79.4 Å². The number of sulfonamides is 1. The van der Waals surface area contributed by atoms with E-state index >= 15 is 0 Å². The van der Waals surface area contributed by atoms with Gasteiger partial charge in [-0.1, -0.05) is 41.4 Å². The van der Waals surface area contributed by atoms with Crippen LogP contribution in [0.15, 0.2) is 46.5 Å². The number of carbonyl (C=O) groups is 1. The first-order chi connectivity index (χ1) is 13.8. The van der Waals surface area contributed by atoms with Crippen molar-refractivity contribution in [3.63, 3.8) is 0 Å². The second-order valence-corrected chi connectivity index (χ2v) is 10.8. The summed E-state index contributed by atoms with van der Waals surface area (Å²) in [4.78, 5) is 16.9. The summed E-state index contributed by atoms with van der Waals surface area (Å²) in [7, 11) is -3.52. The molecule has 1 aromatic carbocycles. The molecule has 1 unspecified atom stereocenters. The van der Waals surface area contributed by atoms with Gasteiger partial charge in [0.25, 0.3) is 0 Å². The van der Waals surface area contributed by atoms with E-state index in [9.17, 15) is 13.2 Å². The second-order valence-electron chi connectivity index (χ2n) is 6.67. The second kappa shape index (κ2) is 9.66. The number of hydrogen-bond acceptors (Lipinski definition) is 5. The number of carbonyl (C=O) groups excluding carboxylic acids is 1. The molecular weight excluding hydrogens is 453 g/mol. The van der Waals surface area contributed by atoms with Gasteiger partial charge in [-0.2, -0.15) is 4.31 Å². The molecule has 2 heterocycles. The van der Waals surface area contributed by atoms with Crippen LogP contribution < -0.4 is 5.32 Å². The molecule has 3 rings (SSSR count). The monoisotopic (exact) mass is 473 g/mol. The Morgan fingerprint density at radius 3 is 2.55 bits per heavy atom. The van der Waals surface area contributed by atoms with Gasteiger partial charge in [-0.3, -0.25) is 4.79 Å². The van der Waals surface area contributed by atoms with E-state index in [1.807, 2.05) is 0 Å². The Morgan fingerprint density at radius 2 is 1.90 bits per heavy atom. The fraction of sp³-hybridized carbons (Fsp3) is 0.368. The number of anilines is 1. The number of nitrogens with zero attached hydrogens (tertiary/aromatic N) is 2. The Labute approximate surface area is 185 Å². The van der Waals surface area contributed by atoms with Crippen LogP contribution in [0.5, 0.6) is 0 Å². The Hall–Kier alpha value is -1.32. The van der Waals surface area contributed by atoms with Gasteiger partial charge in [0.1, 0.15) is 4.90 Å². The summed E-state index contributed by atoms with van der Waals surface area (Å²) in [6.45, 7) is 2.82. The minimum atomic E-state index is -3.52. The average molecular weight is 474 g/mol. The highest BCUT2D eigenvalue weighted by Crippen LogP contribution is 2.28. The van der Waals surface area contributed by atoms with Crippen molar-refractivity contribution < 1.29 is 13.2 Å². The summed E-state index contributed by atoms with van der Waals surface area (Å²) in [6, 6.07) is 7.99. The fourth-order valence-electron chi connectivity index (χ4n) is 2.91. The Morgan fingerprint density at radius 1 is 1.17 bits per heavy atom. The molecular formula is C19H21Cl2N3O3S2. The lowest BCUT2D eigenvalue weighted by Crippen LogP contribution is -2.35. The summed E-state index contributed by atoms with van der Waals surface area (Å²) in [5.74, 6) is -0.258. The molecule has 1 aliphatic rings. The lowest BCUT2D eigenvalue weighted by molar-refractivity contribution is -0.115. The number of hydrogen-bond donors (Lipinski definition) is 1. The number of piperidine rings is 1. The van der Waals surface area contributed by atoms with Crippen LogP contribution in [0.3, 0.4) is 0 Å². The highest BCUT2D eigenvalue weighted by atomic mass is 35.5. The van der Waals surface area contributed by atoms with Crippen molar-refractivity contribution in [3.8, 4) is 0 Å². The number of halogens is 2. The summed E-state index contributed by atoms with van der Waals surface area (Å²) in [6.07, 6.45) is 4.17. The third-order valence-corrected chi connectivity index (χ3v) is 8.01. The molecule has 0 spiro atoms. The lowest BCUT2D eigenvalue weighted by Gasteiger charge is -2.25. The SMILES string of the molecule is CC(Sc1ccc(S(=O)(=O)N2CCCCC2)cn1)C(=O)Nc1cc(Cl)ccc1Cl. The number of nitrogens with one attached hydrogen (secondary N) is 1. The third kappa shape index (κ3) is 5.64. The van der Waals surface area contributed by atoms with Gasteiger partial charge in [-0.15, -0.1) is 0 Å². The van der Waals surface area contributed by atoms with Gasteiger partial charge in [-0.05, 0) is 50.1 Å². The molecule has 1 aliphatic heterocycles. The Bertz CT molecular complexity index is 979. The maximum Gasteiger partial charge on any atom is 0.244 e. The van der Waals surface area contributed by atoms with E-state index < -0.39 is 15.3 Å². The molecule has 10 heteroatoms. The summed E-state index contributed by atoms with van der Waals surface area (Å²) >= 11 is 13.2. The number of thioether (sulfide) groups is 1. The minimum Gasteiger partial charge on any atom is -0.324 e. The first kappa shape index (κ1) is 22.4. The van der Waals surface area contributed by atoms with Crippen LogP contribution in [-0.4, -0.2) is 42.0 Å². The van der Waals surface area contributed by atoms with E-state index in [-0.39, 0.29) is 10.8 Å². The molecule has 6 nitrogen and oxygen atoms in total. The quantitative estimate of drug-likeness (QED) is 0.615. The molecule has 156 valence electrons. The molecule has 0 aliphatic carbocycles. The molecule has 29 heavy (non-hydrogen) atoms. The van der Waals surface area contributed by atoms with Gasteiger partial charge < -0.3 is 5.32 Å². The summed E-state index contributed by atoms with van der Waals surface area (Å²) in [5.41, 5.74) is 0.438. The Balaban J connectivity index is 1.64. The molecule has 0 saturated carbocycles. The normalized spacial score (nSPS) is 16.4. The molecule has 0 bridgehead atoms. The zero-order valence-electron chi connectivity index (χ0n) is 15.8. The summed E-state index contributed by atoms with van der Waals surface area (Å²) in [5, 5.41) is 3.69. The number of pyridine rings is 1. The van der Waals surface area contributed by atoms with Crippen LogP contribution in [0.2, 0.25) is 10.0 Å². The number of amides is 1. The predicted octanol–water partition coefficient (Wildman–Crippen LogP) is 4.68. The number of benzene rings is 1. The zero-order valence-corrected chi connectivity index (χ0v) is 18.9. The molecule has 1 fully saturated rings. The average Bonchev–Trinajstić information content (AvgIpc) is 2.71. The maximum atomic E-state index is 12.7. The highest BCUT2D eigenvalue weighted by molar-refractivity contribution is 8.00. The van der Waals surface area contributed by atoms with Gasteiger partial charge >= 0.3 is 0 Å². The molecule has 1 aromatic heterocycles. The van der Waals surface area contributed by atoms with Crippen molar-refractivity contribution in [2.75, 3.05) is 18.4 Å². The first-order valence-electron chi connectivity index (χ1n) is 9.16. The number of rotatable bonds is 6. The van der Waals surface area contributed by atoms with Crippen molar-refractivity contribution in [2.24, 2.45) is 0 Å². The molecule has 1 atom stereocenters. The van der Waals surface area contributed by atoms with Crippen LogP contribution in [0.25, 0.3) is 0 Å². The molecule has 1 saturated heterocycles. The van der Waals surface area contributed by atoms with Gasteiger partial charge in [0.05, 0.1) is 21.0 Å². The highest BCUT2D eigenvalue weighted by Gasteiger charge is 2.26. The standard InChI is InChI=1S/C19H21Cl2N3O3S2/c1-13(19(25)23-17-11-14(20)5-7-16(17)21)28-18-8-6-15(12-22-18)29(26,27)24-9-3-2-4-10-24/h5-8,11-13H,2-4,9-10H2,1H3,(H,23,25). The van der Waals surface area contributed by atoms with Crippen LogP contribution in [0, 0.1) is 0 Å². The summed E-state index contributed by atoms with van der Waals surface area (Å²) < 4.78 is 26.9. The predicted molar refractivity (Wildman–Crippen MR) is 117 cm³/mol. The van der Waals surface area contributed by atoms with Crippen molar-refractivity contribution in [3.05, 3.63) is 46.6 Å². The van der Waals surface area contributed by atoms with Crippen molar-refractivity contribution in [1.29, 1.82) is 0 Å². The minimum absolute atomic E-state index is 0.173. The first-order valence-corrected chi connectivity index (χ1v) is 12.2. The van der Waals surface area contributed by atoms with E-state index in [0.717, 1.165) is 19.3 Å². The van der Waals surface area contributed by atoms with Gasteiger partial charge in [0, 0.05) is 24.3 Å². The maximum absolute atomic E-state index is 12.7. The van der Waals surface area contributed by atoms with Crippen LogP contribution >= 0.6 is 35.0 Å². The van der Waals surface area contributed by atoms with Crippen molar-refractivity contribution in [1.82, 2.24) is 9.29 Å². The van der Waals surface area contributed by atoms with Gasteiger partial charge in [-0.25, -0.2) is 13.4 Å². The third-order valence-electron chi connectivity index (χ3n) is 4.52. The van der Waals surface area contributed by atoms with Crippen molar-refractivity contribution in [2.45, 2.75) is 41.4 Å².